The van der Waals surface area contributed by atoms with Crippen molar-refractivity contribution in [2.75, 3.05) is 19.6 Å². The fourth-order valence-corrected chi connectivity index (χ4v) is 2.64. The summed E-state index contributed by atoms with van der Waals surface area (Å²) in [4.78, 5) is 16.4. The van der Waals surface area contributed by atoms with Crippen molar-refractivity contribution in [2.45, 2.75) is 38.6 Å². The monoisotopic (exact) mass is 446 g/mol. The molecule has 0 unspecified atom stereocenters. The molecule has 0 aromatic heterocycles. The van der Waals surface area contributed by atoms with Gasteiger partial charge in [0.15, 0.2) is 5.96 Å². The van der Waals surface area contributed by atoms with Crippen molar-refractivity contribution in [3.05, 3.63) is 29.8 Å². The van der Waals surface area contributed by atoms with Crippen LogP contribution in [-0.4, -0.2) is 42.6 Å². The lowest BCUT2D eigenvalue weighted by Crippen LogP contribution is -2.42. The highest BCUT2D eigenvalue weighted by molar-refractivity contribution is 14.0. The van der Waals surface area contributed by atoms with E-state index in [1.54, 1.807) is 12.1 Å². The number of rotatable bonds is 6. The van der Waals surface area contributed by atoms with E-state index < -0.39 is 0 Å². The number of carbonyl (C=O) groups excluding carboxylic acids is 1. The number of nitrogens with zero attached hydrogens (tertiary/aromatic N) is 1. The molecule has 0 spiro atoms. The molecule has 4 N–H and O–H groups in total. The summed E-state index contributed by atoms with van der Waals surface area (Å²) in [6.45, 7) is 3.85. The molecular formula is C17H27IN4O2. The van der Waals surface area contributed by atoms with E-state index in [0.717, 1.165) is 12.5 Å². The molecule has 0 radical (unpaired) electrons. The van der Waals surface area contributed by atoms with Crippen molar-refractivity contribution in [3.8, 4) is 5.75 Å². The Morgan fingerprint density at radius 2 is 1.88 bits per heavy atom. The Kier molecular flexibility index (Phi) is 9.51. The summed E-state index contributed by atoms with van der Waals surface area (Å²) >= 11 is 0. The van der Waals surface area contributed by atoms with Crippen molar-refractivity contribution in [1.29, 1.82) is 0 Å². The SMILES string of the molecule is CCNC(=NCCNC(=O)c1ccc(O)cc1)NC1CCCC1.I. The number of nitrogens with one attached hydrogen (secondary N) is 3. The van der Waals surface area contributed by atoms with Crippen molar-refractivity contribution in [1.82, 2.24) is 16.0 Å². The van der Waals surface area contributed by atoms with Crippen LogP contribution in [0.25, 0.3) is 0 Å². The molecule has 1 aliphatic carbocycles. The zero-order valence-electron chi connectivity index (χ0n) is 14.0. The molecule has 1 amide bonds. The maximum atomic E-state index is 11.9. The Hall–Kier alpha value is -1.51. The van der Waals surface area contributed by atoms with E-state index in [2.05, 4.69) is 20.9 Å². The van der Waals surface area contributed by atoms with Crippen LogP contribution >= 0.6 is 24.0 Å². The summed E-state index contributed by atoms with van der Waals surface area (Å²) in [5.41, 5.74) is 0.530. The molecule has 1 aromatic rings. The van der Waals surface area contributed by atoms with Crippen LogP contribution < -0.4 is 16.0 Å². The third-order valence-corrected chi connectivity index (χ3v) is 3.84. The molecule has 1 aromatic carbocycles. The third-order valence-electron chi connectivity index (χ3n) is 3.84. The molecule has 1 saturated carbocycles. The molecule has 0 heterocycles. The van der Waals surface area contributed by atoms with Gasteiger partial charge in [-0.3, -0.25) is 9.79 Å². The maximum absolute atomic E-state index is 11.9. The summed E-state index contributed by atoms with van der Waals surface area (Å²) in [5, 5.41) is 18.7. The minimum atomic E-state index is -0.158. The van der Waals surface area contributed by atoms with Crippen LogP contribution in [0.4, 0.5) is 0 Å². The largest absolute Gasteiger partial charge is 0.508 e. The first-order valence-electron chi connectivity index (χ1n) is 8.31. The van der Waals surface area contributed by atoms with Crippen LogP contribution in [0.15, 0.2) is 29.3 Å². The van der Waals surface area contributed by atoms with Crippen LogP contribution in [0.2, 0.25) is 0 Å². The second-order valence-corrected chi connectivity index (χ2v) is 5.69. The smallest absolute Gasteiger partial charge is 0.251 e. The number of aromatic hydroxyl groups is 1. The zero-order chi connectivity index (χ0) is 16.5. The average Bonchev–Trinajstić information content (AvgIpc) is 3.05. The molecule has 0 atom stereocenters. The molecule has 1 fully saturated rings. The van der Waals surface area contributed by atoms with Crippen molar-refractivity contribution in [2.24, 2.45) is 4.99 Å². The van der Waals surface area contributed by atoms with Crippen LogP contribution in [0.1, 0.15) is 43.0 Å². The van der Waals surface area contributed by atoms with Gasteiger partial charge in [-0.1, -0.05) is 12.8 Å². The van der Waals surface area contributed by atoms with Gasteiger partial charge in [-0.25, -0.2) is 0 Å². The highest BCUT2D eigenvalue weighted by Crippen LogP contribution is 2.17. The average molecular weight is 446 g/mol. The number of benzene rings is 1. The quantitative estimate of drug-likeness (QED) is 0.234. The van der Waals surface area contributed by atoms with E-state index in [-0.39, 0.29) is 35.6 Å². The topological polar surface area (TPSA) is 85.8 Å². The summed E-state index contributed by atoms with van der Waals surface area (Å²) in [7, 11) is 0. The van der Waals surface area contributed by atoms with Crippen LogP contribution in [0, 0.1) is 0 Å². The van der Waals surface area contributed by atoms with Crippen molar-refractivity contribution < 1.29 is 9.90 Å². The number of hydrogen-bond acceptors (Lipinski definition) is 3. The van der Waals surface area contributed by atoms with Crippen LogP contribution in [-0.2, 0) is 0 Å². The highest BCUT2D eigenvalue weighted by atomic mass is 127. The van der Waals surface area contributed by atoms with Gasteiger partial charge in [0.1, 0.15) is 5.75 Å². The van der Waals surface area contributed by atoms with Gasteiger partial charge < -0.3 is 21.1 Å². The molecule has 2 rings (SSSR count). The normalized spacial score (nSPS) is 14.8. The molecule has 7 heteroatoms. The molecule has 1 aliphatic rings. The van der Waals surface area contributed by atoms with Gasteiger partial charge in [0.2, 0.25) is 0 Å². The predicted octanol–water partition coefficient (Wildman–Crippen LogP) is 2.24. The van der Waals surface area contributed by atoms with Gasteiger partial charge in [-0.05, 0) is 44.0 Å². The number of guanidine groups is 1. The van der Waals surface area contributed by atoms with Gasteiger partial charge in [0, 0.05) is 24.7 Å². The molecule has 0 aliphatic heterocycles. The van der Waals surface area contributed by atoms with Gasteiger partial charge in [0.05, 0.1) is 6.54 Å². The Bertz CT molecular complexity index is 528. The highest BCUT2D eigenvalue weighted by Gasteiger charge is 2.15. The molecule has 6 nitrogen and oxygen atoms in total. The van der Waals surface area contributed by atoms with Gasteiger partial charge in [-0.15, -0.1) is 24.0 Å². The van der Waals surface area contributed by atoms with E-state index >= 15 is 0 Å². The lowest BCUT2D eigenvalue weighted by atomic mass is 10.2. The Balaban J connectivity index is 0.00000288. The van der Waals surface area contributed by atoms with E-state index in [1.165, 1.54) is 37.8 Å². The number of amides is 1. The predicted molar refractivity (Wildman–Crippen MR) is 107 cm³/mol. The summed E-state index contributed by atoms with van der Waals surface area (Å²) in [6.07, 6.45) is 4.95. The minimum absolute atomic E-state index is 0. The number of aliphatic imine (C=N–C) groups is 1. The first-order chi connectivity index (χ1) is 11.2. The van der Waals surface area contributed by atoms with Crippen LogP contribution in [0.3, 0.4) is 0 Å². The molecule has 0 saturated heterocycles. The Morgan fingerprint density at radius 1 is 1.21 bits per heavy atom. The number of carbonyl (C=O) groups is 1. The van der Waals surface area contributed by atoms with E-state index in [4.69, 9.17) is 0 Å². The molecular weight excluding hydrogens is 419 g/mol. The van der Waals surface area contributed by atoms with E-state index in [1.807, 2.05) is 6.92 Å². The zero-order valence-corrected chi connectivity index (χ0v) is 16.4. The summed E-state index contributed by atoms with van der Waals surface area (Å²) in [6, 6.07) is 6.71. The lowest BCUT2D eigenvalue weighted by molar-refractivity contribution is 0.0955. The Labute approximate surface area is 160 Å². The second-order valence-electron chi connectivity index (χ2n) is 5.69. The standard InChI is InChI=1S/C17H26N4O2.HI/c1-2-18-17(21-14-5-3-4-6-14)20-12-11-19-16(23)13-7-9-15(22)10-8-13;/h7-10,14,22H,2-6,11-12H2,1H3,(H,19,23)(H2,18,20,21);1H. The van der Waals surface area contributed by atoms with Gasteiger partial charge >= 0.3 is 0 Å². The van der Waals surface area contributed by atoms with Gasteiger partial charge in [-0.2, -0.15) is 0 Å². The first kappa shape index (κ1) is 20.5. The number of hydrogen-bond donors (Lipinski definition) is 4. The summed E-state index contributed by atoms with van der Waals surface area (Å²) < 4.78 is 0. The van der Waals surface area contributed by atoms with Crippen molar-refractivity contribution >= 4 is 35.8 Å². The molecule has 0 bridgehead atoms. The first-order valence-corrected chi connectivity index (χ1v) is 8.31. The fourth-order valence-electron chi connectivity index (χ4n) is 2.64. The van der Waals surface area contributed by atoms with E-state index in [0.29, 0.717) is 24.7 Å². The van der Waals surface area contributed by atoms with Crippen LogP contribution in [0.5, 0.6) is 5.75 Å². The molecule has 134 valence electrons. The third kappa shape index (κ3) is 6.94. The fraction of sp³-hybridized carbons (Fsp3) is 0.529. The number of phenolic OH excluding ortho intramolecular Hbond substituents is 1. The summed E-state index contributed by atoms with van der Waals surface area (Å²) in [5.74, 6) is 0.812. The Morgan fingerprint density at radius 3 is 2.50 bits per heavy atom. The second kappa shape index (κ2) is 11.1. The van der Waals surface area contributed by atoms with Gasteiger partial charge in [0.25, 0.3) is 5.91 Å². The molecule has 24 heavy (non-hydrogen) atoms. The lowest BCUT2D eigenvalue weighted by Gasteiger charge is -2.16. The number of halogens is 1. The van der Waals surface area contributed by atoms with Crippen molar-refractivity contribution in [3.63, 3.8) is 0 Å². The number of phenols is 1. The maximum Gasteiger partial charge on any atom is 0.251 e. The van der Waals surface area contributed by atoms with E-state index in [9.17, 15) is 9.90 Å². The minimum Gasteiger partial charge on any atom is -0.508 e.